The highest BCUT2D eigenvalue weighted by atomic mass is 16.5. The minimum absolute atomic E-state index is 0.335. The van der Waals surface area contributed by atoms with E-state index >= 15 is 0 Å². The maximum absolute atomic E-state index is 11.5. The van der Waals surface area contributed by atoms with E-state index < -0.39 is 5.54 Å². The predicted octanol–water partition coefficient (Wildman–Crippen LogP) is 0.613. The van der Waals surface area contributed by atoms with E-state index in [9.17, 15) is 4.79 Å². The Morgan fingerprint density at radius 3 is 2.79 bits per heavy atom. The third-order valence-electron chi connectivity index (χ3n) is 4.64. The van der Waals surface area contributed by atoms with Crippen LogP contribution in [-0.2, 0) is 9.53 Å². The number of ether oxygens (including phenoxy) is 1. The molecule has 0 spiro atoms. The van der Waals surface area contributed by atoms with Crippen LogP contribution in [-0.4, -0.2) is 48.7 Å². The Labute approximate surface area is 115 Å². The maximum Gasteiger partial charge on any atom is 0.237 e. The van der Waals surface area contributed by atoms with Gasteiger partial charge in [-0.1, -0.05) is 0 Å². The first kappa shape index (κ1) is 14.8. The summed E-state index contributed by atoms with van der Waals surface area (Å²) in [6.07, 6.45) is 7.36. The standard InChI is InChI=1S/C14H27N3O2/c1-17(10-12-6-2-3-8-19-12)11-5-4-7-14(16,9-11)13(15)18/h11-12H,2-10,16H2,1H3,(H2,15,18). The van der Waals surface area contributed by atoms with Gasteiger partial charge >= 0.3 is 0 Å². The number of nitrogens with two attached hydrogens (primary N) is 2. The molecule has 1 aliphatic carbocycles. The normalized spacial score (nSPS) is 36.4. The lowest BCUT2D eigenvalue weighted by Crippen LogP contribution is -2.58. The second kappa shape index (κ2) is 6.20. The molecule has 19 heavy (non-hydrogen) atoms. The molecule has 1 saturated heterocycles. The summed E-state index contributed by atoms with van der Waals surface area (Å²) in [5.41, 5.74) is 10.8. The average Bonchev–Trinajstić information content (AvgIpc) is 2.40. The number of amides is 1. The average molecular weight is 269 g/mol. The van der Waals surface area contributed by atoms with Crippen LogP contribution in [0, 0.1) is 0 Å². The molecule has 0 aromatic rings. The first-order chi connectivity index (χ1) is 9.01. The number of nitrogens with zero attached hydrogens (tertiary/aromatic N) is 1. The molecule has 5 nitrogen and oxygen atoms in total. The van der Waals surface area contributed by atoms with Crippen molar-refractivity contribution < 1.29 is 9.53 Å². The fourth-order valence-corrected chi connectivity index (χ4v) is 3.30. The van der Waals surface area contributed by atoms with Crippen LogP contribution in [0.4, 0.5) is 0 Å². The molecule has 2 aliphatic rings. The molecule has 110 valence electrons. The summed E-state index contributed by atoms with van der Waals surface area (Å²) < 4.78 is 5.77. The molecule has 3 unspecified atom stereocenters. The molecule has 5 heteroatoms. The molecule has 0 bridgehead atoms. The van der Waals surface area contributed by atoms with Gasteiger partial charge in [-0.25, -0.2) is 0 Å². The van der Waals surface area contributed by atoms with Crippen molar-refractivity contribution in [1.82, 2.24) is 4.90 Å². The van der Waals surface area contributed by atoms with Crippen molar-refractivity contribution in [1.29, 1.82) is 0 Å². The lowest BCUT2D eigenvalue weighted by atomic mass is 9.78. The lowest BCUT2D eigenvalue weighted by Gasteiger charge is -2.41. The summed E-state index contributed by atoms with van der Waals surface area (Å²) in [7, 11) is 2.11. The Morgan fingerprint density at radius 2 is 2.16 bits per heavy atom. The Hall–Kier alpha value is -0.650. The van der Waals surface area contributed by atoms with E-state index in [-0.39, 0.29) is 5.91 Å². The van der Waals surface area contributed by atoms with Crippen LogP contribution in [0.5, 0.6) is 0 Å². The van der Waals surface area contributed by atoms with Crippen molar-refractivity contribution in [2.45, 2.75) is 62.6 Å². The van der Waals surface area contributed by atoms with Gasteiger partial charge in [0.05, 0.1) is 11.6 Å². The van der Waals surface area contributed by atoms with Crippen LogP contribution in [0.15, 0.2) is 0 Å². The summed E-state index contributed by atoms with van der Waals surface area (Å²) in [5, 5.41) is 0. The van der Waals surface area contributed by atoms with E-state index in [0.717, 1.165) is 32.4 Å². The second-order valence-corrected chi connectivity index (χ2v) is 6.20. The van der Waals surface area contributed by atoms with Gasteiger partial charge in [0, 0.05) is 19.2 Å². The van der Waals surface area contributed by atoms with Gasteiger partial charge < -0.3 is 21.1 Å². The fraction of sp³-hybridized carbons (Fsp3) is 0.929. The molecule has 2 rings (SSSR count). The summed E-state index contributed by atoms with van der Waals surface area (Å²) in [5.74, 6) is -0.362. The molecule has 1 heterocycles. The topological polar surface area (TPSA) is 81.6 Å². The Morgan fingerprint density at radius 1 is 1.37 bits per heavy atom. The summed E-state index contributed by atoms with van der Waals surface area (Å²) in [6, 6.07) is 0.344. The number of carbonyl (C=O) groups is 1. The zero-order valence-electron chi connectivity index (χ0n) is 11.9. The first-order valence-corrected chi connectivity index (χ1v) is 7.42. The van der Waals surface area contributed by atoms with Gasteiger partial charge in [-0.15, -0.1) is 0 Å². The summed E-state index contributed by atoms with van der Waals surface area (Å²) in [6.45, 7) is 1.81. The molecule has 4 N–H and O–H groups in total. The predicted molar refractivity (Wildman–Crippen MR) is 74.6 cm³/mol. The SMILES string of the molecule is CN(CC1CCCCO1)C1CCCC(N)(C(N)=O)C1. The minimum atomic E-state index is -0.815. The van der Waals surface area contributed by atoms with E-state index in [1.54, 1.807) is 0 Å². The number of primary amides is 1. The highest BCUT2D eigenvalue weighted by molar-refractivity contribution is 5.84. The van der Waals surface area contributed by atoms with Gasteiger partial charge in [0.25, 0.3) is 0 Å². The summed E-state index contributed by atoms with van der Waals surface area (Å²) >= 11 is 0. The van der Waals surface area contributed by atoms with Crippen molar-refractivity contribution in [3.05, 3.63) is 0 Å². The molecule has 0 radical (unpaired) electrons. The van der Waals surface area contributed by atoms with Crippen LogP contribution < -0.4 is 11.5 Å². The number of rotatable bonds is 4. The van der Waals surface area contributed by atoms with Crippen LogP contribution in [0.2, 0.25) is 0 Å². The smallest absolute Gasteiger partial charge is 0.237 e. The van der Waals surface area contributed by atoms with Gasteiger partial charge in [0.1, 0.15) is 0 Å². The highest BCUT2D eigenvalue weighted by Crippen LogP contribution is 2.29. The number of carbonyl (C=O) groups excluding carboxylic acids is 1. The monoisotopic (exact) mass is 269 g/mol. The van der Waals surface area contributed by atoms with Crippen LogP contribution in [0.25, 0.3) is 0 Å². The second-order valence-electron chi connectivity index (χ2n) is 6.20. The van der Waals surface area contributed by atoms with Crippen molar-refractivity contribution in [2.75, 3.05) is 20.2 Å². The molecule has 0 aromatic carbocycles. The quantitative estimate of drug-likeness (QED) is 0.783. The number of hydrogen-bond donors (Lipinski definition) is 2. The largest absolute Gasteiger partial charge is 0.377 e. The highest BCUT2D eigenvalue weighted by Gasteiger charge is 2.39. The lowest BCUT2D eigenvalue weighted by molar-refractivity contribution is -0.125. The van der Waals surface area contributed by atoms with E-state index in [0.29, 0.717) is 25.0 Å². The molecule has 1 aliphatic heterocycles. The third-order valence-corrected chi connectivity index (χ3v) is 4.64. The Balaban J connectivity index is 1.87. The molecule has 0 aromatic heterocycles. The van der Waals surface area contributed by atoms with Crippen molar-refractivity contribution in [3.63, 3.8) is 0 Å². The zero-order chi connectivity index (χ0) is 13.9. The first-order valence-electron chi connectivity index (χ1n) is 7.42. The van der Waals surface area contributed by atoms with Crippen molar-refractivity contribution in [2.24, 2.45) is 11.5 Å². The maximum atomic E-state index is 11.5. The number of likely N-dealkylation sites (N-methyl/N-ethyl adjacent to an activating group) is 1. The van der Waals surface area contributed by atoms with Crippen LogP contribution in [0.3, 0.4) is 0 Å². The third kappa shape index (κ3) is 3.68. The van der Waals surface area contributed by atoms with Gasteiger partial charge in [0.15, 0.2) is 0 Å². The molecule has 1 saturated carbocycles. The van der Waals surface area contributed by atoms with Gasteiger partial charge in [-0.05, 0) is 52.0 Å². The van der Waals surface area contributed by atoms with Crippen molar-refractivity contribution in [3.8, 4) is 0 Å². The minimum Gasteiger partial charge on any atom is -0.377 e. The molecule has 3 atom stereocenters. The van der Waals surface area contributed by atoms with Crippen molar-refractivity contribution >= 4 is 5.91 Å². The number of hydrogen-bond acceptors (Lipinski definition) is 4. The van der Waals surface area contributed by atoms with Crippen LogP contribution >= 0.6 is 0 Å². The molecular weight excluding hydrogens is 242 g/mol. The Bertz CT molecular complexity index is 318. The Kier molecular flexibility index (Phi) is 4.81. The zero-order valence-corrected chi connectivity index (χ0v) is 11.9. The molecular formula is C14H27N3O2. The van der Waals surface area contributed by atoms with Gasteiger partial charge in [-0.2, -0.15) is 0 Å². The van der Waals surface area contributed by atoms with Crippen LogP contribution in [0.1, 0.15) is 44.9 Å². The molecule has 1 amide bonds. The van der Waals surface area contributed by atoms with E-state index in [1.807, 2.05) is 0 Å². The molecule has 2 fully saturated rings. The van der Waals surface area contributed by atoms with Gasteiger partial charge in [0.2, 0.25) is 5.91 Å². The summed E-state index contributed by atoms with van der Waals surface area (Å²) in [4.78, 5) is 13.8. The van der Waals surface area contributed by atoms with E-state index in [4.69, 9.17) is 16.2 Å². The van der Waals surface area contributed by atoms with E-state index in [2.05, 4.69) is 11.9 Å². The fourth-order valence-electron chi connectivity index (χ4n) is 3.30. The van der Waals surface area contributed by atoms with Gasteiger partial charge in [-0.3, -0.25) is 4.79 Å². The van der Waals surface area contributed by atoms with E-state index in [1.165, 1.54) is 12.8 Å².